The number of nitrogens with zero attached hydrogens (tertiary/aromatic N) is 4. The largest absolute Gasteiger partial charge is 0.363 e. The van der Waals surface area contributed by atoms with Crippen molar-refractivity contribution in [3.63, 3.8) is 0 Å². The third-order valence-corrected chi connectivity index (χ3v) is 5.76. The van der Waals surface area contributed by atoms with Crippen molar-refractivity contribution in [1.82, 2.24) is 15.0 Å². The Bertz CT molecular complexity index is 1570. The maximum Gasteiger partial charge on any atom is 0.173 e. The van der Waals surface area contributed by atoms with E-state index in [0.29, 0.717) is 22.4 Å². The molecule has 0 aliphatic rings. The molecule has 1 N–H and O–H groups in total. The number of nitriles is 1. The maximum absolute atomic E-state index is 15.4. The Morgan fingerprint density at radius 2 is 2.00 bits per heavy atom. The summed E-state index contributed by atoms with van der Waals surface area (Å²) >= 11 is 0. The highest BCUT2D eigenvalue weighted by atomic mass is 19.1. The van der Waals surface area contributed by atoms with Crippen LogP contribution in [0, 0.1) is 17.1 Å². The zero-order chi connectivity index (χ0) is 27.5. The minimum atomic E-state index is -0.499. The van der Waals surface area contributed by atoms with Crippen molar-refractivity contribution in [3.8, 4) is 6.07 Å². The molecule has 3 heterocycles. The molecule has 3 aromatic rings. The molecule has 0 fully saturated rings. The van der Waals surface area contributed by atoms with Crippen LogP contribution >= 0.6 is 0 Å². The first-order valence-corrected chi connectivity index (χ1v) is 12.5. The van der Waals surface area contributed by atoms with E-state index in [2.05, 4.69) is 45.9 Å². The van der Waals surface area contributed by atoms with Gasteiger partial charge in [-0.05, 0) is 62.6 Å². The lowest BCUT2D eigenvalue weighted by Gasteiger charge is -2.11. The highest BCUT2D eigenvalue weighted by Gasteiger charge is 2.13. The van der Waals surface area contributed by atoms with Crippen LogP contribution in [0.4, 0.5) is 10.2 Å². The number of nitrogens with one attached hydrogen (secondary N) is 1. The number of pyridine rings is 3. The van der Waals surface area contributed by atoms with Crippen molar-refractivity contribution in [3.05, 3.63) is 118 Å². The summed E-state index contributed by atoms with van der Waals surface area (Å²) in [6.45, 7) is 12.2. The average molecular weight is 506 g/mol. The summed E-state index contributed by atoms with van der Waals surface area (Å²) in [5.74, 6) is -0.399. The number of rotatable bonds is 9. The summed E-state index contributed by atoms with van der Waals surface area (Å²) in [6.07, 6.45) is 17.6. The van der Waals surface area contributed by atoms with Crippen LogP contribution in [-0.2, 0) is 6.54 Å². The Balaban J connectivity index is 1.87. The molecule has 0 aromatic carbocycles. The van der Waals surface area contributed by atoms with E-state index in [-0.39, 0.29) is 12.4 Å². The van der Waals surface area contributed by atoms with Crippen molar-refractivity contribution in [2.75, 3.05) is 5.32 Å². The Kier molecular flexibility index (Phi) is 10.0. The molecule has 0 spiro atoms. The zero-order valence-corrected chi connectivity index (χ0v) is 22.3. The van der Waals surface area contributed by atoms with Gasteiger partial charge in [0.25, 0.3) is 0 Å². The molecular formula is C32H32FN5. The van der Waals surface area contributed by atoms with E-state index in [0.717, 1.165) is 33.7 Å². The van der Waals surface area contributed by atoms with Crippen LogP contribution in [0.15, 0.2) is 79.3 Å². The van der Waals surface area contributed by atoms with Crippen LogP contribution in [0.3, 0.4) is 0 Å². The Morgan fingerprint density at radius 3 is 2.71 bits per heavy atom. The smallest absolute Gasteiger partial charge is 0.173 e. The van der Waals surface area contributed by atoms with Crippen LogP contribution in [0.1, 0.15) is 56.5 Å². The van der Waals surface area contributed by atoms with Gasteiger partial charge in [0.2, 0.25) is 0 Å². The number of halogens is 1. The molecule has 0 atom stereocenters. The zero-order valence-electron chi connectivity index (χ0n) is 22.3. The van der Waals surface area contributed by atoms with Crippen LogP contribution in [-0.4, -0.2) is 15.0 Å². The quantitative estimate of drug-likeness (QED) is 0.356. The molecule has 0 aliphatic carbocycles. The number of aromatic nitrogens is 3. The first-order valence-electron chi connectivity index (χ1n) is 12.5. The third-order valence-electron chi connectivity index (χ3n) is 5.76. The second-order valence-corrected chi connectivity index (χ2v) is 8.62. The fourth-order valence-electron chi connectivity index (χ4n) is 3.98. The number of hydrogen-bond donors (Lipinski definition) is 1. The molecule has 3 rings (SSSR count). The topological polar surface area (TPSA) is 74.5 Å². The Labute approximate surface area is 223 Å². The monoisotopic (exact) mass is 505 g/mol. The van der Waals surface area contributed by atoms with E-state index >= 15 is 4.39 Å². The van der Waals surface area contributed by atoms with E-state index in [4.69, 9.17) is 0 Å². The van der Waals surface area contributed by atoms with Crippen molar-refractivity contribution in [2.24, 2.45) is 0 Å². The van der Waals surface area contributed by atoms with Gasteiger partial charge >= 0.3 is 0 Å². The minimum absolute atomic E-state index is 0.0999. The predicted octanol–water partition coefficient (Wildman–Crippen LogP) is 6.10. The standard InChI is InChI=1S/C32H32FN5/c1-6-10-22(4)16-26(11-7-2)31-27(19-34)18-24(20-37-31)21-38-32-30(33)28(13-15-36-32)23(5)17-25-12-9-14-35-29(25)8-3/h7-18,20H,5-6,21H2,1-4H3,(H,36,38)/b11-7-,22-10+,25-17-,26-16+,29-8+. The van der Waals surface area contributed by atoms with Gasteiger partial charge in [0, 0.05) is 41.5 Å². The second kappa shape index (κ2) is 13.6. The summed E-state index contributed by atoms with van der Waals surface area (Å²) in [6, 6.07) is 9.35. The molecular weight excluding hydrogens is 473 g/mol. The van der Waals surface area contributed by atoms with E-state index in [9.17, 15) is 5.26 Å². The lowest BCUT2D eigenvalue weighted by atomic mass is 10.0. The third kappa shape index (κ3) is 6.98. The van der Waals surface area contributed by atoms with Gasteiger partial charge in [-0.1, -0.05) is 55.5 Å². The lowest BCUT2D eigenvalue weighted by Crippen LogP contribution is -2.27. The first-order chi connectivity index (χ1) is 18.4. The van der Waals surface area contributed by atoms with Crippen molar-refractivity contribution < 1.29 is 4.39 Å². The van der Waals surface area contributed by atoms with E-state index in [1.54, 1.807) is 30.6 Å². The maximum atomic E-state index is 15.4. The number of anilines is 1. The van der Waals surface area contributed by atoms with Crippen LogP contribution in [0.25, 0.3) is 23.3 Å². The SMILES string of the molecule is C=C(/C=c1/cccn/c1=C/C)c1ccnc(NCc2cnc(C(/C=C\C)=C/C(C)=C/CC)c(C#N)c2)c1F. The van der Waals surface area contributed by atoms with Gasteiger partial charge in [0.05, 0.1) is 16.6 Å². The molecule has 0 aliphatic heterocycles. The van der Waals surface area contributed by atoms with Gasteiger partial charge in [0.15, 0.2) is 11.6 Å². The first kappa shape index (κ1) is 27.9. The van der Waals surface area contributed by atoms with Crippen LogP contribution < -0.4 is 15.9 Å². The van der Waals surface area contributed by atoms with Crippen molar-refractivity contribution >= 4 is 29.1 Å². The normalized spacial score (nSPS) is 13.2. The summed E-state index contributed by atoms with van der Waals surface area (Å²) in [7, 11) is 0. The molecule has 6 heteroatoms. The number of allylic oxidation sites excluding steroid dienone is 7. The molecule has 0 radical (unpaired) electrons. The van der Waals surface area contributed by atoms with E-state index in [1.807, 2.05) is 57.2 Å². The number of hydrogen-bond acceptors (Lipinski definition) is 5. The van der Waals surface area contributed by atoms with E-state index in [1.165, 1.54) is 6.20 Å². The van der Waals surface area contributed by atoms with Gasteiger partial charge in [-0.2, -0.15) is 5.26 Å². The highest BCUT2D eigenvalue weighted by molar-refractivity contribution is 5.87. The van der Waals surface area contributed by atoms with Crippen molar-refractivity contribution in [1.29, 1.82) is 5.26 Å². The second-order valence-electron chi connectivity index (χ2n) is 8.62. The van der Waals surface area contributed by atoms with Gasteiger partial charge < -0.3 is 5.32 Å². The van der Waals surface area contributed by atoms with Crippen molar-refractivity contribution in [2.45, 2.75) is 40.7 Å². The van der Waals surface area contributed by atoms with E-state index < -0.39 is 5.82 Å². The summed E-state index contributed by atoms with van der Waals surface area (Å²) < 4.78 is 15.4. The molecule has 192 valence electrons. The fraction of sp³-hybridized carbons (Fsp3) is 0.188. The highest BCUT2D eigenvalue weighted by Crippen LogP contribution is 2.24. The van der Waals surface area contributed by atoms with Crippen LogP contribution in [0.5, 0.6) is 0 Å². The fourth-order valence-corrected chi connectivity index (χ4v) is 3.98. The Morgan fingerprint density at radius 1 is 1.18 bits per heavy atom. The molecule has 0 amide bonds. The predicted molar refractivity (Wildman–Crippen MR) is 154 cm³/mol. The van der Waals surface area contributed by atoms with Gasteiger partial charge in [-0.3, -0.25) is 9.97 Å². The lowest BCUT2D eigenvalue weighted by molar-refractivity contribution is 0.621. The minimum Gasteiger partial charge on any atom is -0.363 e. The molecule has 38 heavy (non-hydrogen) atoms. The molecule has 0 saturated heterocycles. The molecule has 0 unspecified atom stereocenters. The molecule has 3 aromatic heterocycles. The molecule has 0 bridgehead atoms. The molecule has 5 nitrogen and oxygen atoms in total. The average Bonchev–Trinajstić information content (AvgIpc) is 2.92. The summed E-state index contributed by atoms with van der Waals surface area (Å²) in [4.78, 5) is 13.1. The Hall–Kier alpha value is -4.63. The summed E-state index contributed by atoms with van der Waals surface area (Å²) in [5.41, 5.74) is 4.61. The van der Waals surface area contributed by atoms with Crippen LogP contribution in [0.2, 0.25) is 0 Å². The van der Waals surface area contributed by atoms with Gasteiger partial charge in [0.1, 0.15) is 6.07 Å². The molecule has 0 saturated carbocycles. The van der Waals surface area contributed by atoms with Gasteiger partial charge in [-0.25, -0.2) is 9.37 Å². The summed E-state index contributed by atoms with van der Waals surface area (Å²) in [5, 5.41) is 14.5. The van der Waals surface area contributed by atoms with Gasteiger partial charge in [-0.15, -0.1) is 0 Å².